The van der Waals surface area contributed by atoms with Crippen molar-refractivity contribution in [3.05, 3.63) is 35.4 Å². The van der Waals surface area contributed by atoms with Crippen molar-refractivity contribution in [1.29, 1.82) is 0 Å². The summed E-state index contributed by atoms with van der Waals surface area (Å²) >= 11 is 0. The second-order valence-electron chi connectivity index (χ2n) is 3.61. The zero-order valence-corrected chi connectivity index (χ0v) is 7.92. The van der Waals surface area contributed by atoms with Crippen molar-refractivity contribution < 1.29 is 4.74 Å². The molecule has 2 nitrogen and oxygen atoms in total. The molecule has 1 fully saturated rings. The highest BCUT2D eigenvalue weighted by Gasteiger charge is 2.39. The molecule has 2 rings (SSSR count). The lowest BCUT2D eigenvalue weighted by atomic mass is 9.84. The van der Waals surface area contributed by atoms with Gasteiger partial charge in [0, 0.05) is 13.0 Å². The average molecular weight is 177 g/mol. The predicted octanol–water partition coefficient (Wildman–Crippen LogP) is 1.57. The molecule has 0 aromatic heterocycles. The van der Waals surface area contributed by atoms with Gasteiger partial charge in [-0.25, -0.2) is 0 Å². The minimum absolute atomic E-state index is 0.175. The largest absolute Gasteiger partial charge is 0.369 e. The predicted molar refractivity (Wildman–Crippen MR) is 52.5 cm³/mol. The van der Waals surface area contributed by atoms with Gasteiger partial charge in [0.2, 0.25) is 0 Å². The van der Waals surface area contributed by atoms with E-state index < -0.39 is 0 Å². The summed E-state index contributed by atoms with van der Waals surface area (Å²) in [7, 11) is 0. The highest BCUT2D eigenvalue weighted by molar-refractivity contribution is 5.33. The Kier molecular flexibility index (Phi) is 2.10. The molecule has 1 aromatic carbocycles. The van der Waals surface area contributed by atoms with Gasteiger partial charge in [-0.1, -0.05) is 24.3 Å². The minimum Gasteiger partial charge on any atom is -0.369 e. The Morgan fingerprint density at radius 1 is 1.46 bits per heavy atom. The van der Waals surface area contributed by atoms with E-state index in [1.165, 1.54) is 11.1 Å². The van der Waals surface area contributed by atoms with Crippen LogP contribution < -0.4 is 5.73 Å². The lowest BCUT2D eigenvalue weighted by Crippen LogP contribution is -2.47. The van der Waals surface area contributed by atoms with Crippen molar-refractivity contribution in [1.82, 2.24) is 0 Å². The molecule has 0 radical (unpaired) electrons. The van der Waals surface area contributed by atoms with Crippen LogP contribution in [0.4, 0.5) is 0 Å². The first kappa shape index (κ1) is 8.73. The Balaban J connectivity index is 2.38. The van der Waals surface area contributed by atoms with Gasteiger partial charge in [0.05, 0.1) is 6.61 Å². The molecule has 0 amide bonds. The van der Waals surface area contributed by atoms with Crippen LogP contribution in [0.3, 0.4) is 0 Å². The molecule has 0 bridgehead atoms. The Morgan fingerprint density at radius 3 is 2.62 bits per heavy atom. The lowest BCUT2D eigenvalue weighted by Gasteiger charge is -2.42. The number of hydrogen-bond donors (Lipinski definition) is 1. The Bertz CT molecular complexity index is 299. The molecule has 2 heteroatoms. The maximum Gasteiger partial charge on any atom is 0.108 e. The summed E-state index contributed by atoms with van der Waals surface area (Å²) < 4.78 is 5.61. The van der Waals surface area contributed by atoms with Gasteiger partial charge in [-0.2, -0.15) is 0 Å². The van der Waals surface area contributed by atoms with E-state index in [1.54, 1.807) is 0 Å². The van der Waals surface area contributed by atoms with E-state index in [2.05, 4.69) is 19.1 Å². The van der Waals surface area contributed by atoms with Gasteiger partial charge < -0.3 is 10.5 Å². The van der Waals surface area contributed by atoms with Gasteiger partial charge in [-0.05, 0) is 18.1 Å². The summed E-state index contributed by atoms with van der Waals surface area (Å²) in [5.41, 5.74) is 8.09. The normalized spacial score (nSPS) is 26.9. The lowest BCUT2D eigenvalue weighted by molar-refractivity contribution is -0.147. The van der Waals surface area contributed by atoms with Gasteiger partial charge >= 0.3 is 0 Å². The van der Waals surface area contributed by atoms with Gasteiger partial charge in [0.25, 0.3) is 0 Å². The third-order valence-corrected chi connectivity index (χ3v) is 2.85. The fraction of sp³-hybridized carbons (Fsp3) is 0.455. The number of nitrogens with two attached hydrogens (primary N) is 1. The van der Waals surface area contributed by atoms with Crippen molar-refractivity contribution in [2.75, 3.05) is 13.2 Å². The average Bonchev–Trinajstić information content (AvgIpc) is 2.07. The smallest absolute Gasteiger partial charge is 0.108 e. The summed E-state index contributed by atoms with van der Waals surface area (Å²) in [5.74, 6) is 0. The van der Waals surface area contributed by atoms with Crippen LogP contribution in [0, 0.1) is 6.92 Å². The van der Waals surface area contributed by atoms with E-state index in [-0.39, 0.29) is 5.60 Å². The van der Waals surface area contributed by atoms with Crippen LogP contribution in [-0.2, 0) is 10.3 Å². The molecule has 1 aliphatic rings. The van der Waals surface area contributed by atoms with Gasteiger partial charge in [-0.3, -0.25) is 0 Å². The van der Waals surface area contributed by atoms with Crippen LogP contribution in [0.15, 0.2) is 24.3 Å². The second kappa shape index (κ2) is 3.13. The molecule has 1 saturated heterocycles. The van der Waals surface area contributed by atoms with Crippen LogP contribution >= 0.6 is 0 Å². The van der Waals surface area contributed by atoms with Gasteiger partial charge in [0.1, 0.15) is 5.60 Å². The molecular weight excluding hydrogens is 162 g/mol. The maximum absolute atomic E-state index is 5.74. The molecule has 0 spiro atoms. The Labute approximate surface area is 78.7 Å². The first-order valence-electron chi connectivity index (χ1n) is 4.69. The summed E-state index contributed by atoms with van der Waals surface area (Å²) in [4.78, 5) is 0. The van der Waals surface area contributed by atoms with E-state index >= 15 is 0 Å². The first-order chi connectivity index (χ1) is 6.28. The standard InChI is InChI=1S/C11H15NO/c1-9-4-2-3-5-10(9)11(8-12)6-7-13-11/h2-5H,6-8,12H2,1H3. The monoisotopic (exact) mass is 177 g/mol. The van der Waals surface area contributed by atoms with Crippen LogP contribution in [-0.4, -0.2) is 13.2 Å². The summed E-state index contributed by atoms with van der Waals surface area (Å²) in [6.07, 6.45) is 1.05. The van der Waals surface area contributed by atoms with Crippen LogP contribution in [0.1, 0.15) is 17.5 Å². The van der Waals surface area contributed by atoms with Gasteiger partial charge in [0.15, 0.2) is 0 Å². The zero-order valence-electron chi connectivity index (χ0n) is 7.92. The van der Waals surface area contributed by atoms with Crippen LogP contribution in [0.5, 0.6) is 0 Å². The van der Waals surface area contributed by atoms with Crippen LogP contribution in [0.25, 0.3) is 0 Å². The van der Waals surface area contributed by atoms with Crippen molar-refractivity contribution in [3.63, 3.8) is 0 Å². The maximum atomic E-state index is 5.74. The molecule has 70 valence electrons. The molecule has 1 heterocycles. The van der Waals surface area contributed by atoms with E-state index in [1.807, 2.05) is 12.1 Å². The molecular formula is C11H15NO. The number of aryl methyl sites for hydroxylation is 1. The quantitative estimate of drug-likeness (QED) is 0.744. The SMILES string of the molecule is Cc1ccccc1C1(CN)CCO1. The van der Waals surface area contributed by atoms with E-state index in [9.17, 15) is 0 Å². The fourth-order valence-electron chi connectivity index (χ4n) is 1.92. The van der Waals surface area contributed by atoms with E-state index in [0.29, 0.717) is 6.54 Å². The molecule has 1 unspecified atom stereocenters. The van der Waals surface area contributed by atoms with E-state index in [4.69, 9.17) is 10.5 Å². The van der Waals surface area contributed by atoms with E-state index in [0.717, 1.165) is 13.0 Å². The molecule has 1 atom stereocenters. The Morgan fingerprint density at radius 2 is 2.15 bits per heavy atom. The van der Waals surface area contributed by atoms with Crippen LogP contribution in [0.2, 0.25) is 0 Å². The van der Waals surface area contributed by atoms with Crippen molar-refractivity contribution in [2.45, 2.75) is 18.9 Å². The number of rotatable bonds is 2. The summed E-state index contributed by atoms with van der Waals surface area (Å²) in [5, 5.41) is 0. The molecule has 1 aliphatic heterocycles. The third kappa shape index (κ3) is 1.26. The first-order valence-corrected chi connectivity index (χ1v) is 4.69. The number of hydrogen-bond acceptors (Lipinski definition) is 2. The Hall–Kier alpha value is -0.860. The van der Waals surface area contributed by atoms with Crippen molar-refractivity contribution in [3.8, 4) is 0 Å². The summed E-state index contributed by atoms with van der Waals surface area (Å²) in [6.45, 7) is 3.53. The fourth-order valence-corrected chi connectivity index (χ4v) is 1.92. The molecule has 0 saturated carbocycles. The minimum atomic E-state index is -0.175. The molecule has 2 N–H and O–H groups in total. The number of ether oxygens (including phenoxy) is 1. The van der Waals surface area contributed by atoms with Gasteiger partial charge in [-0.15, -0.1) is 0 Å². The highest BCUT2D eigenvalue weighted by Crippen LogP contribution is 2.37. The molecule has 0 aliphatic carbocycles. The van der Waals surface area contributed by atoms with Crippen molar-refractivity contribution >= 4 is 0 Å². The molecule has 13 heavy (non-hydrogen) atoms. The zero-order chi connectivity index (χ0) is 9.31. The van der Waals surface area contributed by atoms with Crippen molar-refractivity contribution in [2.24, 2.45) is 5.73 Å². The highest BCUT2D eigenvalue weighted by atomic mass is 16.5. The third-order valence-electron chi connectivity index (χ3n) is 2.85. The topological polar surface area (TPSA) is 35.2 Å². The number of benzene rings is 1. The summed E-state index contributed by atoms with van der Waals surface area (Å²) in [6, 6.07) is 8.30. The second-order valence-corrected chi connectivity index (χ2v) is 3.61. The molecule has 1 aromatic rings.